The second kappa shape index (κ2) is 7.27. The van der Waals surface area contributed by atoms with Gasteiger partial charge in [0.15, 0.2) is 11.7 Å². The van der Waals surface area contributed by atoms with E-state index in [1.807, 2.05) is 30.3 Å². The van der Waals surface area contributed by atoms with Crippen LogP contribution in [-0.4, -0.2) is 10.9 Å². The minimum absolute atomic E-state index is 0.0601. The molecule has 24 heavy (non-hydrogen) atoms. The van der Waals surface area contributed by atoms with Gasteiger partial charge >= 0.3 is 0 Å². The number of nitrogens with zero attached hydrogens (tertiary/aromatic N) is 1. The summed E-state index contributed by atoms with van der Waals surface area (Å²) >= 11 is 5.79. The molecule has 0 saturated carbocycles. The third-order valence-electron chi connectivity index (χ3n) is 3.38. The second-order valence-corrected chi connectivity index (χ2v) is 5.59. The number of halogens is 2. The first kappa shape index (κ1) is 16.2. The third kappa shape index (κ3) is 4.00. The van der Waals surface area contributed by atoms with Crippen molar-refractivity contribution in [3.05, 3.63) is 71.5 Å². The average Bonchev–Trinajstić information content (AvgIpc) is 3.06. The number of aromatic nitrogens is 1. The number of rotatable bonds is 5. The van der Waals surface area contributed by atoms with Gasteiger partial charge in [-0.05, 0) is 18.2 Å². The molecule has 0 aliphatic carbocycles. The first-order valence-corrected chi connectivity index (χ1v) is 7.74. The first-order valence-electron chi connectivity index (χ1n) is 7.37. The van der Waals surface area contributed by atoms with Crippen molar-refractivity contribution in [3.63, 3.8) is 0 Å². The van der Waals surface area contributed by atoms with Crippen molar-refractivity contribution >= 4 is 23.2 Å². The van der Waals surface area contributed by atoms with E-state index in [-0.39, 0.29) is 18.0 Å². The summed E-state index contributed by atoms with van der Waals surface area (Å²) in [6.45, 7) is 0. The molecule has 0 saturated heterocycles. The molecule has 0 radical (unpaired) electrons. The van der Waals surface area contributed by atoms with Gasteiger partial charge in [-0.15, -0.1) is 0 Å². The number of hydrogen-bond donors (Lipinski definition) is 1. The molecule has 1 N–H and O–H groups in total. The molecule has 3 aromatic rings. The number of anilines is 1. The molecule has 0 unspecified atom stereocenters. The normalized spacial score (nSPS) is 10.6. The van der Waals surface area contributed by atoms with E-state index in [1.165, 1.54) is 18.2 Å². The first-order chi connectivity index (χ1) is 11.6. The number of carbonyl (C=O) groups excluding carboxylic acids is 1. The largest absolute Gasteiger partial charge is 0.441 e. The Bertz CT molecular complexity index is 849. The fourth-order valence-electron chi connectivity index (χ4n) is 2.19. The summed E-state index contributed by atoms with van der Waals surface area (Å²) in [5.74, 6) is 0.230. The smallest absolute Gasteiger partial charge is 0.224 e. The number of nitrogens with one attached hydrogen (secondary N) is 1. The Morgan fingerprint density at radius 2 is 2.00 bits per heavy atom. The van der Waals surface area contributed by atoms with Gasteiger partial charge in [-0.2, -0.15) is 0 Å². The Labute approximate surface area is 143 Å². The number of benzene rings is 2. The molecule has 1 aromatic heterocycles. The molecular formula is C18H14ClFN2O2. The van der Waals surface area contributed by atoms with Crippen LogP contribution in [0.1, 0.15) is 12.3 Å². The Kier molecular flexibility index (Phi) is 4.91. The van der Waals surface area contributed by atoms with Gasteiger partial charge in [0.2, 0.25) is 5.91 Å². The summed E-state index contributed by atoms with van der Waals surface area (Å²) < 4.78 is 19.2. The number of hydrogen-bond acceptors (Lipinski definition) is 3. The summed E-state index contributed by atoms with van der Waals surface area (Å²) in [7, 11) is 0. The van der Waals surface area contributed by atoms with Crippen molar-refractivity contribution in [1.29, 1.82) is 0 Å². The maximum atomic E-state index is 13.6. The molecule has 3 rings (SSSR count). The molecule has 122 valence electrons. The van der Waals surface area contributed by atoms with Crippen LogP contribution in [-0.2, 0) is 11.2 Å². The maximum absolute atomic E-state index is 13.6. The van der Waals surface area contributed by atoms with Crippen LogP contribution in [0.4, 0.5) is 10.1 Å². The van der Waals surface area contributed by atoms with Gasteiger partial charge in [-0.3, -0.25) is 4.79 Å². The molecule has 0 atom stereocenters. The summed E-state index contributed by atoms with van der Waals surface area (Å²) in [5.41, 5.74) is 0.978. The van der Waals surface area contributed by atoms with Crippen LogP contribution < -0.4 is 5.32 Å². The molecule has 4 nitrogen and oxygen atoms in total. The topological polar surface area (TPSA) is 55.1 Å². The van der Waals surface area contributed by atoms with E-state index >= 15 is 0 Å². The molecule has 6 heteroatoms. The van der Waals surface area contributed by atoms with Crippen molar-refractivity contribution in [3.8, 4) is 11.3 Å². The van der Waals surface area contributed by atoms with Crippen molar-refractivity contribution in [1.82, 2.24) is 4.98 Å². The van der Waals surface area contributed by atoms with E-state index in [4.69, 9.17) is 16.0 Å². The molecule has 2 aromatic carbocycles. The highest BCUT2D eigenvalue weighted by molar-refractivity contribution is 6.30. The van der Waals surface area contributed by atoms with Crippen LogP contribution >= 0.6 is 11.6 Å². The second-order valence-electron chi connectivity index (χ2n) is 5.16. The number of carbonyl (C=O) groups is 1. The highest BCUT2D eigenvalue weighted by Gasteiger charge is 2.11. The zero-order valence-electron chi connectivity index (χ0n) is 12.6. The molecular weight excluding hydrogens is 331 g/mol. The van der Waals surface area contributed by atoms with Crippen LogP contribution in [0, 0.1) is 5.82 Å². The quantitative estimate of drug-likeness (QED) is 0.729. The number of oxazole rings is 1. The van der Waals surface area contributed by atoms with Crippen LogP contribution in [0.15, 0.2) is 59.1 Å². The van der Waals surface area contributed by atoms with E-state index < -0.39 is 5.82 Å². The predicted molar refractivity (Wildman–Crippen MR) is 90.3 cm³/mol. The summed E-state index contributed by atoms with van der Waals surface area (Å²) in [6.07, 6.45) is 2.07. The third-order valence-corrected chi connectivity index (χ3v) is 3.62. The van der Waals surface area contributed by atoms with Gasteiger partial charge < -0.3 is 9.73 Å². The van der Waals surface area contributed by atoms with Crippen LogP contribution in [0.3, 0.4) is 0 Å². The fraction of sp³-hybridized carbons (Fsp3) is 0.111. The molecule has 1 amide bonds. The average molecular weight is 345 g/mol. The number of amides is 1. The van der Waals surface area contributed by atoms with E-state index in [0.29, 0.717) is 23.1 Å². The Balaban J connectivity index is 1.59. The number of aryl methyl sites for hydroxylation is 1. The predicted octanol–water partition coefficient (Wildman–Crippen LogP) is 4.71. The minimum Gasteiger partial charge on any atom is -0.441 e. The van der Waals surface area contributed by atoms with E-state index in [0.717, 1.165) is 5.56 Å². The van der Waals surface area contributed by atoms with Crippen LogP contribution in [0.25, 0.3) is 11.3 Å². The van der Waals surface area contributed by atoms with Gasteiger partial charge in [0.1, 0.15) is 5.82 Å². The molecule has 0 fully saturated rings. The summed E-state index contributed by atoms with van der Waals surface area (Å²) in [4.78, 5) is 16.1. The van der Waals surface area contributed by atoms with Gasteiger partial charge in [0, 0.05) is 23.4 Å². The van der Waals surface area contributed by atoms with E-state index in [9.17, 15) is 9.18 Å². The minimum atomic E-state index is -0.532. The van der Waals surface area contributed by atoms with E-state index in [1.54, 1.807) is 6.20 Å². The summed E-state index contributed by atoms with van der Waals surface area (Å²) in [6, 6.07) is 13.6. The van der Waals surface area contributed by atoms with Gasteiger partial charge in [-0.1, -0.05) is 41.9 Å². The lowest BCUT2D eigenvalue weighted by molar-refractivity contribution is -0.116. The highest BCUT2D eigenvalue weighted by Crippen LogP contribution is 2.21. The van der Waals surface area contributed by atoms with Crippen molar-refractivity contribution in [2.24, 2.45) is 0 Å². The van der Waals surface area contributed by atoms with Gasteiger partial charge in [0.25, 0.3) is 0 Å². The maximum Gasteiger partial charge on any atom is 0.224 e. The molecule has 1 heterocycles. The molecule has 0 aliphatic rings. The SMILES string of the molecule is O=C(CCc1ncc(-c2ccccc2)o1)Nc1cc(Cl)ccc1F. The lowest BCUT2D eigenvalue weighted by Crippen LogP contribution is -2.13. The molecule has 0 aliphatic heterocycles. The zero-order chi connectivity index (χ0) is 16.9. The highest BCUT2D eigenvalue weighted by atomic mass is 35.5. The molecule has 0 bridgehead atoms. The molecule has 0 spiro atoms. The lowest BCUT2D eigenvalue weighted by Gasteiger charge is -2.06. The monoisotopic (exact) mass is 344 g/mol. The van der Waals surface area contributed by atoms with Crippen LogP contribution in [0.2, 0.25) is 5.02 Å². The standard InChI is InChI=1S/C18H14ClFN2O2/c19-13-6-7-14(20)15(10-13)22-17(23)8-9-18-21-11-16(24-18)12-4-2-1-3-5-12/h1-7,10-11H,8-9H2,(H,22,23). The van der Waals surface area contributed by atoms with Crippen molar-refractivity contribution in [2.45, 2.75) is 12.8 Å². The fourth-order valence-corrected chi connectivity index (χ4v) is 2.36. The zero-order valence-corrected chi connectivity index (χ0v) is 13.4. The van der Waals surface area contributed by atoms with Crippen LogP contribution in [0.5, 0.6) is 0 Å². The summed E-state index contributed by atoms with van der Waals surface area (Å²) in [5, 5.41) is 2.85. The van der Waals surface area contributed by atoms with Gasteiger partial charge in [0.05, 0.1) is 11.9 Å². The lowest BCUT2D eigenvalue weighted by atomic mass is 10.2. The Morgan fingerprint density at radius 1 is 1.21 bits per heavy atom. The van der Waals surface area contributed by atoms with E-state index in [2.05, 4.69) is 10.3 Å². The van der Waals surface area contributed by atoms with Crippen molar-refractivity contribution in [2.75, 3.05) is 5.32 Å². The Morgan fingerprint density at radius 3 is 2.79 bits per heavy atom. The van der Waals surface area contributed by atoms with Crippen molar-refractivity contribution < 1.29 is 13.6 Å². The Hall–Kier alpha value is -2.66. The van der Waals surface area contributed by atoms with Gasteiger partial charge in [-0.25, -0.2) is 9.37 Å².